The molecule has 1 aromatic heterocycles. The molecule has 6 nitrogen and oxygen atoms in total. The van der Waals surface area contributed by atoms with E-state index in [0.717, 1.165) is 5.56 Å². The number of carbonyl (C=O) groups is 2. The molecule has 0 saturated carbocycles. The van der Waals surface area contributed by atoms with Crippen LogP contribution in [0.25, 0.3) is 0 Å². The Labute approximate surface area is 170 Å². The molecule has 2 heterocycles. The molecule has 0 radical (unpaired) electrons. The Hall–Kier alpha value is -2.86. The predicted octanol–water partition coefficient (Wildman–Crippen LogP) is 3.91. The molecule has 1 atom stereocenters. The van der Waals surface area contributed by atoms with Crippen molar-refractivity contribution in [2.45, 2.75) is 45.8 Å². The second-order valence-electron chi connectivity index (χ2n) is 7.44. The number of ether oxygens (including phenoxy) is 1. The van der Waals surface area contributed by atoms with Crippen molar-refractivity contribution in [3.63, 3.8) is 0 Å². The summed E-state index contributed by atoms with van der Waals surface area (Å²) in [6.45, 7) is 6.17. The number of aryl methyl sites for hydroxylation is 2. The van der Waals surface area contributed by atoms with E-state index in [2.05, 4.69) is 0 Å². The van der Waals surface area contributed by atoms with Crippen LogP contribution in [0, 0.1) is 6.92 Å². The van der Waals surface area contributed by atoms with Crippen LogP contribution in [0.15, 0.2) is 58.2 Å². The molecule has 1 amide bonds. The van der Waals surface area contributed by atoms with E-state index in [1.165, 1.54) is 4.90 Å². The summed E-state index contributed by atoms with van der Waals surface area (Å²) < 4.78 is 11.3. The van der Waals surface area contributed by atoms with Crippen LogP contribution in [-0.4, -0.2) is 41.0 Å². The third kappa shape index (κ3) is 4.77. The largest absolute Gasteiger partial charge is 0.503 e. The van der Waals surface area contributed by atoms with Crippen molar-refractivity contribution in [2.24, 2.45) is 0 Å². The predicted molar refractivity (Wildman–Crippen MR) is 108 cm³/mol. The molecule has 2 aromatic rings. The fourth-order valence-corrected chi connectivity index (χ4v) is 3.49. The smallest absolute Gasteiger partial charge is 0.290 e. The number of ketones is 1. The zero-order chi connectivity index (χ0) is 21.0. The van der Waals surface area contributed by atoms with Crippen LogP contribution in [0.4, 0.5) is 0 Å². The van der Waals surface area contributed by atoms with Gasteiger partial charge in [0.15, 0.2) is 11.5 Å². The molecule has 0 aliphatic carbocycles. The Balaban J connectivity index is 1.83. The number of aliphatic hydroxyl groups excluding tert-OH is 1. The van der Waals surface area contributed by atoms with Gasteiger partial charge in [-0.15, -0.1) is 0 Å². The fourth-order valence-electron chi connectivity index (χ4n) is 3.49. The highest BCUT2D eigenvalue weighted by Gasteiger charge is 2.44. The minimum Gasteiger partial charge on any atom is -0.503 e. The highest BCUT2D eigenvalue weighted by molar-refractivity contribution is 6.08. The Bertz CT molecular complexity index is 897. The van der Waals surface area contributed by atoms with E-state index in [9.17, 15) is 14.7 Å². The molecule has 1 aromatic carbocycles. The highest BCUT2D eigenvalue weighted by Crippen LogP contribution is 2.38. The highest BCUT2D eigenvalue weighted by atomic mass is 16.5. The molecule has 0 saturated heterocycles. The molecule has 0 spiro atoms. The maximum Gasteiger partial charge on any atom is 0.290 e. The van der Waals surface area contributed by atoms with Gasteiger partial charge in [-0.2, -0.15) is 0 Å². The van der Waals surface area contributed by atoms with Crippen LogP contribution in [-0.2, 0) is 20.7 Å². The number of rotatable bonds is 9. The number of carbonyl (C=O) groups excluding carboxylic acids is 2. The minimum absolute atomic E-state index is 0.0190. The Morgan fingerprint density at radius 3 is 2.55 bits per heavy atom. The second kappa shape index (κ2) is 9.09. The van der Waals surface area contributed by atoms with E-state index < -0.39 is 17.7 Å². The molecule has 29 heavy (non-hydrogen) atoms. The van der Waals surface area contributed by atoms with Crippen LogP contribution >= 0.6 is 0 Å². The molecule has 0 fully saturated rings. The van der Waals surface area contributed by atoms with Gasteiger partial charge in [0.2, 0.25) is 0 Å². The SMILES string of the molecule is Cc1ccc(C2C(C(=O)CCc3ccccc3)=C(O)C(=O)N2CCOC(C)C)o1. The first-order valence-electron chi connectivity index (χ1n) is 9.87. The van der Waals surface area contributed by atoms with Gasteiger partial charge in [-0.1, -0.05) is 30.3 Å². The number of benzene rings is 1. The summed E-state index contributed by atoms with van der Waals surface area (Å²) in [5.74, 6) is -0.182. The van der Waals surface area contributed by atoms with Gasteiger partial charge in [0, 0.05) is 13.0 Å². The van der Waals surface area contributed by atoms with Gasteiger partial charge in [-0.3, -0.25) is 9.59 Å². The molecule has 3 rings (SSSR count). The zero-order valence-electron chi connectivity index (χ0n) is 17.1. The lowest BCUT2D eigenvalue weighted by Gasteiger charge is -2.25. The van der Waals surface area contributed by atoms with E-state index in [-0.39, 0.29) is 30.4 Å². The summed E-state index contributed by atoms with van der Waals surface area (Å²) in [4.78, 5) is 27.2. The van der Waals surface area contributed by atoms with Crippen molar-refractivity contribution < 1.29 is 23.8 Å². The number of hydrogen-bond acceptors (Lipinski definition) is 5. The molecule has 1 aliphatic rings. The van der Waals surface area contributed by atoms with E-state index >= 15 is 0 Å². The first-order valence-corrected chi connectivity index (χ1v) is 9.87. The molecular weight excluding hydrogens is 370 g/mol. The van der Waals surface area contributed by atoms with Gasteiger partial charge in [0.05, 0.1) is 18.3 Å². The van der Waals surface area contributed by atoms with Crippen LogP contribution in [0.1, 0.15) is 43.4 Å². The van der Waals surface area contributed by atoms with Crippen molar-refractivity contribution in [1.29, 1.82) is 0 Å². The van der Waals surface area contributed by atoms with Crippen molar-refractivity contribution >= 4 is 11.7 Å². The lowest BCUT2D eigenvalue weighted by Crippen LogP contribution is -2.34. The molecule has 1 aliphatic heterocycles. The average Bonchev–Trinajstić information content (AvgIpc) is 3.23. The number of hydrogen-bond donors (Lipinski definition) is 1. The third-order valence-electron chi connectivity index (χ3n) is 4.90. The standard InChI is InChI=1S/C23H27NO5/c1-15(2)28-14-13-24-21(19-12-9-16(3)29-19)20(22(26)23(24)27)18(25)11-10-17-7-5-4-6-8-17/h4-9,12,15,21,26H,10-11,13-14H2,1-3H3. The molecule has 0 bridgehead atoms. The maximum absolute atomic E-state index is 13.0. The summed E-state index contributed by atoms with van der Waals surface area (Å²) >= 11 is 0. The van der Waals surface area contributed by atoms with Crippen LogP contribution in [0.3, 0.4) is 0 Å². The molecule has 1 unspecified atom stereocenters. The summed E-state index contributed by atoms with van der Waals surface area (Å²) in [5.41, 5.74) is 1.13. The first-order chi connectivity index (χ1) is 13.9. The fraction of sp³-hybridized carbons (Fsp3) is 0.391. The summed E-state index contributed by atoms with van der Waals surface area (Å²) in [5, 5.41) is 10.5. The summed E-state index contributed by atoms with van der Waals surface area (Å²) in [6.07, 6.45) is 0.749. The normalized spacial score (nSPS) is 16.9. The van der Waals surface area contributed by atoms with Gasteiger partial charge >= 0.3 is 0 Å². The topological polar surface area (TPSA) is 80.0 Å². The van der Waals surface area contributed by atoms with Crippen LogP contribution in [0.2, 0.25) is 0 Å². The number of Topliss-reactive ketones (excluding diaryl/α,β-unsaturated/α-hetero) is 1. The number of nitrogens with zero attached hydrogens (tertiary/aromatic N) is 1. The Kier molecular flexibility index (Phi) is 6.54. The Morgan fingerprint density at radius 1 is 1.21 bits per heavy atom. The van der Waals surface area contributed by atoms with Gasteiger partial charge < -0.3 is 19.2 Å². The van der Waals surface area contributed by atoms with Gasteiger partial charge in [-0.05, 0) is 44.9 Å². The summed E-state index contributed by atoms with van der Waals surface area (Å²) in [6, 6.07) is 12.4. The summed E-state index contributed by atoms with van der Waals surface area (Å²) in [7, 11) is 0. The molecule has 154 valence electrons. The number of furan rings is 1. The minimum atomic E-state index is -0.741. The molecule has 6 heteroatoms. The van der Waals surface area contributed by atoms with E-state index in [4.69, 9.17) is 9.15 Å². The van der Waals surface area contributed by atoms with Crippen molar-refractivity contribution in [3.05, 3.63) is 70.9 Å². The maximum atomic E-state index is 13.0. The number of aliphatic hydroxyl groups is 1. The lowest BCUT2D eigenvalue weighted by molar-refractivity contribution is -0.130. The number of amides is 1. The van der Waals surface area contributed by atoms with Crippen molar-refractivity contribution in [3.8, 4) is 0 Å². The van der Waals surface area contributed by atoms with E-state index in [0.29, 0.717) is 24.5 Å². The van der Waals surface area contributed by atoms with Crippen LogP contribution in [0.5, 0.6) is 0 Å². The van der Waals surface area contributed by atoms with E-state index in [1.54, 1.807) is 19.1 Å². The quantitative estimate of drug-likeness (QED) is 0.694. The van der Waals surface area contributed by atoms with Crippen LogP contribution < -0.4 is 0 Å². The van der Waals surface area contributed by atoms with Gasteiger partial charge in [0.1, 0.15) is 17.6 Å². The molecule has 1 N–H and O–H groups in total. The first kappa shape index (κ1) is 20.9. The molecular formula is C23H27NO5. The lowest BCUT2D eigenvalue weighted by atomic mass is 9.96. The monoisotopic (exact) mass is 397 g/mol. The third-order valence-corrected chi connectivity index (χ3v) is 4.90. The van der Waals surface area contributed by atoms with Gasteiger partial charge in [-0.25, -0.2) is 0 Å². The second-order valence-corrected chi connectivity index (χ2v) is 7.44. The van der Waals surface area contributed by atoms with Crippen molar-refractivity contribution in [1.82, 2.24) is 4.90 Å². The van der Waals surface area contributed by atoms with E-state index in [1.807, 2.05) is 44.2 Å². The average molecular weight is 397 g/mol. The Morgan fingerprint density at radius 2 is 1.93 bits per heavy atom. The van der Waals surface area contributed by atoms with Gasteiger partial charge in [0.25, 0.3) is 5.91 Å². The van der Waals surface area contributed by atoms with Crippen molar-refractivity contribution in [2.75, 3.05) is 13.2 Å². The zero-order valence-corrected chi connectivity index (χ0v) is 17.1.